The third kappa shape index (κ3) is 1.74. The van der Waals surface area contributed by atoms with Crippen LogP contribution in [0.25, 0.3) is 5.69 Å². The van der Waals surface area contributed by atoms with E-state index in [-0.39, 0.29) is 5.82 Å². The number of nitrogens with zero attached hydrogens (tertiary/aromatic N) is 2. The van der Waals surface area contributed by atoms with E-state index in [1.807, 2.05) is 0 Å². The molecular formula is C14H13FN2O. The maximum Gasteiger partial charge on any atom is 0.168 e. The first-order valence-electron chi connectivity index (χ1n) is 6.11. The highest BCUT2D eigenvalue weighted by atomic mass is 19.1. The minimum Gasteiger partial charge on any atom is -0.296 e. The van der Waals surface area contributed by atoms with Gasteiger partial charge in [0, 0.05) is 5.56 Å². The Kier molecular flexibility index (Phi) is 2.70. The summed E-state index contributed by atoms with van der Waals surface area (Å²) in [7, 11) is 0. The molecule has 0 radical (unpaired) electrons. The smallest absolute Gasteiger partial charge is 0.168 e. The van der Waals surface area contributed by atoms with Crippen molar-refractivity contribution in [3.05, 3.63) is 47.0 Å². The van der Waals surface area contributed by atoms with Gasteiger partial charge >= 0.3 is 0 Å². The summed E-state index contributed by atoms with van der Waals surface area (Å²) >= 11 is 0. The predicted octanol–water partition coefficient (Wildman–Crippen LogP) is 2.70. The third-order valence-corrected chi connectivity index (χ3v) is 3.38. The monoisotopic (exact) mass is 244 g/mol. The molecule has 0 N–H and O–H groups in total. The summed E-state index contributed by atoms with van der Waals surface area (Å²) in [5, 5.41) is 4.48. The van der Waals surface area contributed by atoms with Crippen molar-refractivity contribution in [3.8, 4) is 5.69 Å². The maximum atomic E-state index is 12.9. The van der Waals surface area contributed by atoms with Gasteiger partial charge in [-0.15, -0.1) is 0 Å². The average molecular weight is 244 g/mol. The molecule has 0 amide bonds. The van der Waals surface area contributed by atoms with Crippen LogP contribution in [0.2, 0.25) is 0 Å². The van der Waals surface area contributed by atoms with E-state index in [1.165, 1.54) is 12.1 Å². The third-order valence-electron chi connectivity index (χ3n) is 3.38. The van der Waals surface area contributed by atoms with Crippen LogP contribution in [0.1, 0.15) is 34.6 Å². The molecule has 0 spiro atoms. The highest BCUT2D eigenvalue weighted by Gasteiger charge is 2.20. The van der Waals surface area contributed by atoms with E-state index in [1.54, 1.807) is 16.8 Å². The highest BCUT2D eigenvalue weighted by Crippen LogP contribution is 2.25. The lowest BCUT2D eigenvalue weighted by Crippen LogP contribution is -2.03. The molecule has 18 heavy (non-hydrogen) atoms. The van der Waals surface area contributed by atoms with Crippen molar-refractivity contribution in [2.24, 2.45) is 0 Å². The van der Waals surface area contributed by atoms with E-state index in [4.69, 9.17) is 0 Å². The molecule has 1 aromatic heterocycles. The molecule has 1 aliphatic carbocycles. The van der Waals surface area contributed by atoms with Gasteiger partial charge in [-0.05, 0) is 49.9 Å². The number of aryl methyl sites for hydroxylation is 1. The highest BCUT2D eigenvalue weighted by molar-refractivity contribution is 5.76. The number of aldehydes is 1. The molecule has 0 atom stereocenters. The van der Waals surface area contributed by atoms with Gasteiger partial charge < -0.3 is 0 Å². The Morgan fingerprint density at radius 1 is 1.17 bits per heavy atom. The molecule has 0 fully saturated rings. The van der Waals surface area contributed by atoms with Gasteiger partial charge in [0.05, 0.1) is 11.4 Å². The Morgan fingerprint density at radius 2 is 1.89 bits per heavy atom. The van der Waals surface area contributed by atoms with E-state index in [9.17, 15) is 9.18 Å². The summed E-state index contributed by atoms with van der Waals surface area (Å²) < 4.78 is 14.5. The minimum atomic E-state index is -0.289. The van der Waals surface area contributed by atoms with Crippen LogP contribution in [0.3, 0.4) is 0 Å². The molecule has 1 aliphatic rings. The number of carbonyl (C=O) groups excluding carboxylic acids is 1. The number of hydrogen-bond acceptors (Lipinski definition) is 2. The van der Waals surface area contributed by atoms with E-state index in [0.29, 0.717) is 5.69 Å². The van der Waals surface area contributed by atoms with Gasteiger partial charge in [-0.25, -0.2) is 9.07 Å². The number of aromatic nitrogens is 2. The Bertz CT molecular complexity index is 587. The minimum absolute atomic E-state index is 0.289. The van der Waals surface area contributed by atoms with Crippen molar-refractivity contribution >= 4 is 6.29 Å². The van der Waals surface area contributed by atoms with Crippen LogP contribution in [0.5, 0.6) is 0 Å². The van der Waals surface area contributed by atoms with Crippen molar-refractivity contribution in [1.29, 1.82) is 0 Å². The van der Waals surface area contributed by atoms with Crippen LogP contribution in [-0.2, 0) is 12.8 Å². The van der Waals surface area contributed by atoms with E-state index in [0.717, 1.165) is 48.9 Å². The molecule has 3 nitrogen and oxygen atoms in total. The summed E-state index contributed by atoms with van der Waals surface area (Å²) in [6.45, 7) is 0. The fraction of sp³-hybridized carbons (Fsp3) is 0.286. The van der Waals surface area contributed by atoms with Crippen molar-refractivity contribution in [1.82, 2.24) is 9.78 Å². The van der Waals surface area contributed by atoms with Crippen LogP contribution in [0, 0.1) is 5.82 Å². The Balaban J connectivity index is 2.14. The molecule has 0 unspecified atom stereocenters. The lowest BCUT2D eigenvalue weighted by molar-refractivity contribution is 0.111. The van der Waals surface area contributed by atoms with Crippen molar-refractivity contribution in [2.75, 3.05) is 0 Å². The summed E-state index contributed by atoms with van der Waals surface area (Å²) in [5.74, 6) is -0.289. The lowest BCUT2D eigenvalue weighted by Gasteiger charge is -2.08. The van der Waals surface area contributed by atoms with Gasteiger partial charge in [0.1, 0.15) is 11.5 Å². The first kappa shape index (κ1) is 11.1. The van der Waals surface area contributed by atoms with Crippen molar-refractivity contribution in [3.63, 3.8) is 0 Å². The van der Waals surface area contributed by atoms with E-state index in [2.05, 4.69) is 5.10 Å². The van der Waals surface area contributed by atoms with Crippen LogP contribution >= 0.6 is 0 Å². The molecule has 1 heterocycles. The molecule has 4 heteroatoms. The number of carbonyl (C=O) groups is 1. The molecule has 3 rings (SSSR count). The molecule has 92 valence electrons. The van der Waals surface area contributed by atoms with Crippen LogP contribution < -0.4 is 0 Å². The first-order chi connectivity index (χ1) is 8.79. The molecule has 0 aliphatic heterocycles. The normalized spacial score (nSPS) is 14.3. The Morgan fingerprint density at radius 3 is 2.61 bits per heavy atom. The second kappa shape index (κ2) is 4.37. The number of hydrogen-bond donors (Lipinski definition) is 0. The van der Waals surface area contributed by atoms with Crippen molar-refractivity contribution < 1.29 is 9.18 Å². The van der Waals surface area contributed by atoms with Gasteiger partial charge in [0.2, 0.25) is 0 Å². The summed E-state index contributed by atoms with van der Waals surface area (Å²) in [5.41, 5.74) is 3.40. The Labute approximate surface area is 104 Å². The second-order valence-electron chi connectivity index (χ2n) is 4.52. The number of rotatable bonds is 2. The van der Waals surface area contributed by atoms with Gasteiger partial charge in [0.25, 0.3) is 0 Å². The molecule has 1 aromatic carbocycles. The maximum absolute atomic E-state index is 12.9. The van der Waals surface area contributed by atoms with E-state index >= 15 is 0 Å². The summed E-state index contributed by atoms with van der Waals surface area (Å²) in [6.07, 6.45) is 4.89. The zero-order valence-corrected chi connectivity index (χ0v) is 9.90. The fourth-order valence-corrected chi connectivity index (χ4v) is 2.48. The van der Waals surface area contributed by atoms with Gasteiger partial charge in [-0.1, -0.05) is 0 Å². The zero-order valence-electron chi connectivity index (χ0n) is 9.90. The van der Waals surface area contributed by atoms with Gasteiger partial charge in [-0.3, -0.25) is 4.79 Å². The van der Waals surface area contributed by atoms with Crippen LogP contribution in [-0.4, -0.2) is 16.1 Å². The molecule has 0 saturated carbocycles. The Hall–Kier alpha value is -1.97. The number of halogens is 1. The van der Waals surface area contributed by atoms with E-state index < -0.39 is 0 Å². The molecule has 0 bridgehead atoms. The standard InChI is InChI=1S/C14H13FN2O/c15-10-5-7-11(8-6-10)17-14(9-18)12-3-1-2-4-13(12)16-17/h5-9H,1-4H2. The predicted molar refractivity (Wildman–Crippen MR) is 65.6 cm³/mol. The number of fused-ring (bicyclic) bond motifs is 1. The molecular weight excluding hydrogens is 231 g/mol. The topological polar surface area (TPSA) is 34.9 Å². The van der Waals surface area contributed by atoms with Gasteiger partial charge in [-0.2, -0.15) is 5.10 Å². The second-order valence-corrected chi connectivity index (χ2v) is 4.52. The average Bonchev–Trinajstić information content (AvgIpc) is 2.78. The van der Waals surface area contributed by atoms with Crippen LogP contribution in [0.4, 0.5) is 4.39 Å². The fourth-order valence-electron chi connectivity index (χ4n) is 2.48. The zero-order chi connectivity index (χ0) is 12.5. The first-order valence-corrected chi connectivity index (χ1v) is 6.11. The SMILES string of the molecule is O=Cc1c2c(nn1-c1ccc(F)cc1)CCCC2. The largest absolute Gasteiger partial charge is 0.296 e. The molecule has 0 saturated heterocycles. The van der Waals surface area contributed by atoms with Crippen molar-refractivity contribution in [2.45, 2.75) is 25.7 Å². The quantitative estimate of drug-likeness (QED) is 0.761. The number of benzene rings is 1. The summed E-state index contributed by atoms with van der Waals surface area (Å²) in [6, 6.07) is 6.04. The summed E-state index contributed by atoms with van der Waals surface area (Å²) in [4.78, 5) is 11.3. The lowest BCUT2D eigenvalue weighted by atomic mass is 9.96. The van der Waals surface area contributed by atoms with Crippen LogP contribution in [0.15, 0.2) is 24.3 Å². The molecule has 2 aromatic rings. The van der Waals surface area contributed by atoms with Gasteiger partial charge in [0.15, 0.2) is 6.29 Å².